The van der Waals surface area contributed by atoms with Crippen molar-refractivity contribution in [3.8, 4) is 11.4 Å². The summed E-state index contributed by atoms with van der Waals surface area (Å²) >= 11 is 0. The van der Waals surface area contributed by atoms with Gasteiger partial charge in [0.15, 0.2) is 6.29 Å². The molecule has 0 amide bonds. The van der Waals surface area contributed by atoms with Gasteiger partial charge in [0.1, 0.15) is 5.69 Å². The highest BCUT2D eigenvalue weighted by atomic mass is 16.1. The molecule has 0 aliphatic carbocycles. The number of hydrogen-bond acceptors (Lipinski definition) is 2. The summed E-state index contributed by atoms with van der Waals surface area (Å²) in [5, 5.41) is 5.45. The summed E-state index contributed by atoms with van der Waals surface area (Å²) in [6.07, 6.45) is 2.55. The summed E-state index contributed by atoms with van der Waals surface area (Å²) < 4.78 is 1.65. The summed E-state index contributed by atoms with van der Waals surface area (Å²) in [5.74, 6) is 0. The van der Waals surface area contributed by atoms with Gasteiger partial charge in [-0.25, -0.2) is 0 Å². The minimum atomic E-state index is 0.598. The van der Waals surface area contributed by atoms with Crippen molar-refractivity contribution < 1.29 is 4.79 Å². The van der Waals surface area contributed by atoms with Gasteiger partial charge in [0.2, 0.25) is 0 Å². The van der Waals surface area contributed by atoms with E-state index in [1.165, 1.54) is 5.56 Å². The zero-order valence-corrected chi connectivity index (χ0v) is 10.3. The molecule has 0 radical (unpaired) electrons. The van der Waals surface area contributed by atoms with Crippen LogP contribution in [0.4, 0.5) is 0 Å². The Morgan fingerprint density at radius 2 is 2.17 bits per heavy atom. The van der Waals surface area contributed by atoms with Gasteiger partial charge in [-0.15, -0.1) is 0 Å². The van der Waals surface area contributed by atoms with E-state index in [-0.39, 0.29) is 0 Å². The highest BCUT2D eigenvalue weighted by Gasteiger charge is 2.11. The Morgan fingerprint density at radius 3 is 2.94 bits per heavy atom. The second-order valence-electron chi connectivity index (χ2n) is 4.50. The zero-order valence-electron chi connectivity index (χ0n) is 10.3. The first kappa shape index (κ1) is 10.8. The SMILES string of the molecule is Cc1ccc2cc(-c3nn(C)cc3C=O)[nH]c2c1. The number of rotatable bonds is 2. The number of carbonyl (C=O) groups excluding carboxylic acids is 1. The Morgan fingerprint density at radius 1 is 1.33 bits per heavy atom. The van der Waals surface area contributed by atoms with Crippen molar-refractivity contribution in [1.29, 1.82) is 0 Å². The van der Waals surface area contributed by atoms with Crippen LogP contribution in [0.3, 0.4) is 0 Å². The van der Waals surface area contributed by atoms with E-state index in [1.54, 1.807) is 10.9 Å². The van der Waals surface area contributed by atoms with Gasteiger partial charge in [0.25, 0.3) is 0 Å². The molecule has 90 valence electrons. The second-order valence-corrected chi connectivity index (χ2v) is 4.50. The maximum Gasteiger partial charge on any atom is 0.153 e. The average Bonchev–Trinajstić information content (AvgIpc) is 2.91. The van der Waals surface area contributed by atoms with Gasteiger partial charge in [-0.3, -0.25) is 9.48 Å². The number of carbonyl (C=O) groups is 1. The fourth-order valence-electron chi connectivity index (χ4n) is 2.17. The van der Waals surface area contributed by atoms with Crippen LogP contribution in [0.5, 0.6) is 0 Å². The topological polar surface area (TPSA) is 50.7 Å². The molecule has 0 saturated carbocycles. The molecule has 0 bridgehead atoms. The Balaban J connectivity index is 2.21. The molecule has 1 N–H and O–H groups in total. The number of fused-ring (bicyclic) bond motifs is 1. The Kier molecular flexibility index (Phi) is 2.30. The third-order valence-corrected chi connectivity index (χ3v) is 3.02. The van der Waals surface area contributed by atoms with Gasteiger partial charge in [-0.1, -0.05) is 12.1 Å². The van der Waals surface area contributed by atoms with Crippen LogP contribution < -0.4 is 0 Å². The van der Waals surface area contributed by atoms with Crippen LogP contribution >= 0.6 is 0 Å². The molecule has 0 atom stereocenters. The van der Waals surface area contributed by atoms with Gasteiger partial charge < -0.3 is 4.98 Å². The van der Waals surface area contributed by atoms with E-state index in [9.17, 15) is 4.79 Å². The molecule has 0 spiro atoms. The van der Waals surface area contributed by atoms with Gasteiger partial charge in [0.05, 0.1) is 11.3 Å². The van der Waals surface area contributed by atoms with Crippen molar-refractivity contribution in [2.24, 2.45) is 7.05 Å². The molecular weight excluding hydrogens is 226 g/mol. The molecule has 0 saturated heterocycles. The van der Waals surface area contributed by atoms with Gasteiger partial charge in [-0.05, 0) is 24.6 Å². The fraction of sp³-hybridized carbons (Fsp3) is 0.143. The molecule has 3 rings (SSSR count). The van der Waals surface area contributed by atoms with Crippen molar-refractivity contribution in [3.63, 3.8) is 0 Å². The molecule has 18 heavy (non-hydrogen) atoms. The molecule has 0 fully saturated rings. The number of nitrogens with one attached hydrogen (secondary N) is 1. The normalized spacial score (nSPS) is 11.0. The smallest absolute Gasteiger partial charge is 0.153 e. The standard InChI is InChI=1S/C14H13N3O/c1-9-3-4-10-6-13(15-12(10)5-9)14-11(8-18)7-17(2)16-14/h3-8,15H,1-2H3. The van der Waals surface area contributed by atoms with Crippen LogP contribution in [0.15, 0.2) is 30.5 Å². The van der Waals surface area contributed by atoms with Gasteiger partial charge >= 0.3 is 0 Å². The monoisotopic (exact) mass is 239 g/mol. The summed E-state index contributed by atoms with van der Waals surface area (Å²) in [5.41, 5.74) is 4.43. The molecule has 0 aliphatic rings. The molecule has 1 aromatic carbocycles. The van der Waals surface area contributed by atoms with E-state index >= 15 is 0 Å². The van der Waals surface area contributed by atoms with Crippen molar-refractivity contribution in [2.45, 2.75) is 6.92 Å². The van der Waals surface area contributed by atoms with Crippen molar-refractivity contribution in [2.75, 3.05) is 0 Å². The number of H-pyrrole nitrogens is 1. The molecule has 4 nitrogen and oxygen atoms in total. The summed E-state index contributed by atoms with van der Waals surface area (Å²) in [6, 6.07) is 8.24. The van der Waals surface area contributed by atoms with Crippen LogP contribution in [0.1, 0.15) is 15.9 Å². The highest BCUT2D eigenvalue weighted by Crippen LogP contribution is 2.25. The number of aromatic amines is 1. The lowest BCUT2D eigenvalue weighted by atomic mass is 10.2. The molecule has 0 unspecified atom stereocenters. The Bertz CT molecular complexity index is 737. The minimum absolute atomic E-state index is 0.598. The summed E-state index contributed by atoms with van der Waals surface area (Å²) in [6.45, 7) is 2.05. The second kappa shape index (κ2) is 3.84. The number of aryl methyl sites for hydroxylation is 2. The summed E-state index contributed by atoms with van der Waals surface area (Å²) in [7, 11) is 1.81. The van der Waals surface area contributed by atoms with Gasteiger partial charge in [0, 0.05) is 24.1 Å². The van der Waals surface area contributed by atoms with E-state index in [4.69, 9.17) is 0 Å². The number of nitrogens with zero attached hydrogens (tertiary/aromatic N) is 2. The van der Waals surface area contributed by atoms with Crippen LogP contribution in [-0.2, 0) is 7.05 Å². The predicted molar refractivity (Wildman–Crippen MR) is 70.6 cm³/mol. The maximum atomic E-state index is 11.0. The fourth-order valence-corrected chi connectivity index (χ4v) is 2.17. The van der Waals surface area contributed by atoms with Crippen LogP contribution in [-0.4, -0.2) is 21.1 Å². The Hall–Kier alpha value is -2.36. The maximum absolute atomic E-state index is 11.0. The first-order valence-corrected chi connectivity index (χ1v) is 5.76. The van der Waals surface area contributed by atoms with E-state index in [1.807, 2.05) is 13.1 Å². The zero-order chi connectivity index (χ0) is 12.7. The van der Waals surface area contributed by atoms with Crippen molar-refractivity contribution in [1.82, 2.24) is 14.8 Å². The van der Waals surface area contributed by atoms with Crippen LogP contribution in [0, 0.1) is 6.92 Å². The number of benzene rings is 1. The lowest BCUT2D eigenvalue weighted by Crippen LogP contribution is -1.87. The quantitative estimate of drug-likeness (QED) is 0.699. The predicted octanol–water partition coefficient (Wildman–Crippen LogP) is 2.69. The van der Waals surface area contributed by atoms with Gasteiger partial charge in [-0.2, -0.15) is 5.10 Å². The van der Waals surface area contributed by atoms with E-state index in [2.05, 4.69) is 35.2 Å². The minimum Gasteiger partial charge on any atom is -0.353 e. The van der Waals surface area contributed by atoms with Crippen LogP contribution in [0.2, 0.25) is 0 Å². The van der Waals surface area contributed by atoms with Crippen molar-refractivity contribution in [3.05, 3.63) is 41.6 Å². The van der Waals surface area contributed by atoms with Crippen LogP contribution in [0.25, 0.3) is 22.3 Å². The number of aldehydes is 1. The molecule has 4 heteroatoms. The van der Waals surface area contributed by atoms with E-state index in [0.29, 0.717) is 11.3 Å². The lowest BCUT2D eigenvalue weighted by molar-refractivity contribution is 0.112. The highest BCUT2D eigenvalue weighted by molar-refractivity contribution is 5.90. The van der Waals surface area contributed by atoms with E-state index in [0.717, 1.165) is 22.9 Å². The molecular formula is C14H13N3O. The Labute approximate surface area is 104 Å². The third kappa shape index (κ3) is 1.62. The third-order valence-electron chi connectivity index (χ3n) is 3.02. The molecule has 0 aliphatic heterocycles. The molecule has 3 aromatic rings. The van der Waals surface area contributed by atoms with E-state index < -0.39 is 0 Å². The molecule has 2 heterocycles. The number of aromatic nitrogens is 3. The largest absolute Gasteiger partial charge is 0.353 e. The number of hydrogen-bond donors (Lipinski definition) is 1. The first-order valence-electron chi connectivity index (χ1n) is 5.76. The van der Waals surface area contributed by atoms with Crippen molar-refractivity contribution >= 4 is 17.2 Å². The average molecular weight is 239 g/mol. The summed E-state index contributed by atoms with van der Waals surface area (Å²) in [4.78, 5) is 14.3. The molecule has 2 aromatic heterocycles. The first-order chi connectivity index (χ1) is 8.67. The lowest BCUT2D eigenvalue weighted by Gasteiger charge is -1.92.